The SMILES string of the molecule is COc1cccc(CN2CCN(C3CN(C(=O)Nc4cc(C(F)(F)F)cc(C(F)(F)F)c4)C3)CC2)c1. The standard InChI is InChI=1S/C24H26F6N4O2/c1-36-21-4-2-3-16(9-21)13-32-5-7-33(8-6-32)20-14-34(15-20)22(35)31-19-11-17(23(25,26)27)10-18(12-19)24(28,29)30/h2-4,9-12,20H,5-8,13-15H2,1H3,(H,31,35). The molecule has 6 nitrogen and oxygen atoms in total. The zero-order valence-electron chi connectivity index (χ0n) is 19.5. The minimum atomic E-state index is -4.97. The minimum absolute atomic E-state index is 0.0310. The number of urea groups is 1. The van der Waals surface area contributed by atoms with E-state index in [1.54, 1.807) is 7.11 Å². The van der Waals surface area contributed by atoms with Crippen molar-refractivity contribution in [1.82, 2.24) is 14.7 Å². The van der Waals surface area contributed by atoms with Crippen LogP contribution < -0.4 is 10.1 Å². The van der Waals surface area contributed by atoms with Crippen molar-refractivity contribution in [2.45, 2.75) is 24.9 Å². The Kier molecular flexibility index (Phi) is 7.37. The van der Waals surface area contributed by atoms with Crippen molar-refractivity contribution in [1.29, 1.82) is 0 Å². The van der Waals surface area contributed by atoms with Gasteiger partial charge in [0.05, 0.1) is 18.2 Å². The molecule has 2 amide bonds. The van der Waals surface area contributed by atoms with Gasteiger partial charge in [0.15, 0.2) is 0 Å². The van der Waals surface area contributed by atoms with E-state index in [-0.39, 0.29) is 12.1 Å². The van der Waals surface area contributed by atoms with Gasteiger partial charge in [-0.2, -0.15) is 26.3 Å². The molecule has 0 spiro atoms. The van der Waals surface area contributed by atoms with Crippen LogP contribution in [0.15, 0.2) is 42.5 Å². The van der Waals surface area contributed by atoms with Gasteiger partial charge >= 0.3 is 18.4 Å². The summed E-state index contributed by atoms with van der Waals surface area (Å²) in [6.07, 6.45) is -9.95. The lowest BCUT2D eigenvalue weighted by Crippen LogP contribution is -2.64. The second kappa shape index (κ2) is 10.2. The minimum Gasteiger partial charge on any atom is -0.497 e. The Labute approximate surface area is 204 Å². The number of halogens is 6. The van der Waals surface area contributed by atoms with E-state index in [2.05, 4.69) is 15.1 Å². The summed E-state index contributed by atoms with van der Waals surface area (Å²) in [4.78, 5) is 18.4. The molecule has 0 unspecified atom stereocenters. The van der Waals surface area contributed by atoms with Gasteiger partial charge in [-0.1, -0.05) is 12.1 Å². The third kappa shape index (κ3) is 6.22. The number of alkyl halides is 6. The zero-order chi connectivity index (χ0) is 26.1. The molecule has 2 heterocycles. The first-order valence-corrected chi connectivity index (χ1v) is 11.4. The largest absolute Gasteiger partial charge is 0.497 e. The highest BCUT2D eigenvalue weighted by atomic mass is 19.4. The molecule has 36 heavy (non-hydrogen) atoms. The molecule has 2 aliphatic rings. The summed E-state index contributed by atoms with van der Waals surface area (Å²) >= 11 is 0. The fraction of sp³-hybridized carbons (Fsp3) is 0.458. The van der Waals surface area contributed by atoms with Crippen LogP contribution in [-0.4, -0.2) is 73.2 Å². The van der Waals surface area contributed by atoms with Crippen LogP contribution in [0.2, 0.25) is 0 Å². The summed E-state index contributed by atoms with van der Waals surface area (Å²) in [6.45, 7) is 4.77. The van der Waals surface area contributed by atoms with Gasteiger partial charge in [0.1, 0.15) is 5.75 Å². The van der Waals surface area contributed by atoms with E-state index in [1.165, 1.54) is 4.90 Å². The number of hydrogen-bond donors (Lipinski definition) is 1. The molecule has 1 N–H and O–H groups in total. The molecule has 2 aromatic rings. The molecule has 12 heteroatoms. The molecule has 0 bridgehead atoms. The van der Waals surface area contributed by atoms with Crippen LogP contribution in [0.5, 0.6) is 5.75 Å². The number of piperazine rings is 1. The van der Waals surface area contributed by atoms with Gasteiger partial charge < -0.3 is 15.0 Å². The molecule has 2 aliphatic heterocycles. The number of rotatable bonds is 5. The van der Waals surface area contributed by atoms with Gasteiger partial charge in [-0.05, 0) is 35.9 Å². The summed E-state index contributed by atoms with van der Waals surface area (Å²) < 4.78 is 83.5. The average Bonchev–Trinajstić information content (AvgIpc) is 2.78. The lowest BCUT2D eigenvalue weighted by atomic mass is 10.1. The second-order valence-electron chi connectivity index (χ2n) is 8.95. The summed E-state index contributed by atoms with van der Waals surface area (Å²) in [5.74, 6) is 0.804. The lowest BCUT2D eigenvalue weighted by Gasteiger charge is -2.48. The summed E-state index contributed by atoms with van der Waals surface area (Å²) in [5, 5.41) is 2.19. The number of nitrogens with one attached hydrogen (secondary N) is 1. The molecule has 2 fully saturated rings. The number of benzene rings is 2. The van der Waals surface area contributed by atoms with E-state index in [4.69, 9.17) is 4.74 Å². The number of ether oxygens (including phenoxy) is 1. The van der Waals surface area contributed by atoms with Crippen molar-refractivity contribution < 1.29 is 35.9 Å². The first kappa shape index (κ1) is 26.1. The molecule has 4 rings (SSSR count). The Morgan fingerprint density at radius 1 is 0.944 bits per heavy atom. The van der Waals surface area contributed by atoms with Crippen molar-refractivity contribution in [3.8, 4) is 5.75 Å². The van der Waals surface area contributed by atoms with Crippen LogP contribution in [-0.2, 0) is 18.9 Å². The quantitative estimate of drug-likeness (QED) is 0.582. The summed E-state index contributed by atoms with van der Waals surface area (Å²) in [5.41, 5.74) is -2.34. The van der Waals surface area contributed by atoms with Crippen molar-refractivity contribution in [2.75, 3.05) is 51.7 Å². The van der Waals surface area contributed by atoms with Crippen molar-refractivity contribution in [3.63, 3.8) is 0 Å². The van der Waals surface area contributed by atoms with Crippen molar-refractivity contribution >= 4 is 11.7 Å². The number of hydrogen-bond acceptors (Lipinski definition) is 4. The van der Waals surface area contributed by atoms with E-state index in [1.807, 2.05) is 24.3 Å². The van der Waals surface area contributed by atoms with E-state index < -0.39 is 35.2 Å². The monoisotopic (exact) mass is 516 g/mol. The molecule has 0 saturated carbocycles. The first-order valence-electron chi connectivity index (χ1n) is 11.4. The molecule has 2 saturated heterocycles. The van der Waals surface area contributed by atoms with Gasteiger partial charge in [-0.25, -0.2) is 4.79 Å². The van der Waals surface area contributed by atoms with E-state index in [9.17, 15) is 31.1 Å². The Morgan fingerprint density at radius 3 is 2.11 bits per heavy atom. The number of likely N-dealkylation sites (tertiary alicyclic amines) is 1. The van der Waals surface area contributed by atoms with Crippen LogP contribution in [0.4, 0.5) is 36.8 Å². The fourth-order valence-corrected chi connectivity index (χ4v) is 4.40. The van der Waals surface area contributed by atoms with E-state index in [0.29, 0.717) is 25.2 Å². The van der Waals surface area contributed by atoms with Gasteiger partial charge in [0, 0.05) is 57.5 Å². The average molecular weight is 516 g/mol. The van der Waals surface area contributed by atoms with Gasteiger partial charge in [-0.15, -0.1) is 0 Å². The maximum Gasteiger partial charge on any atom is 0.416 e. The Balaban J connectivity index is 1.28. The van der Waals surface area contributed by atoms with Crippen LogP contribution in [0.3, 0.4) is 0 Å². The molecule has 196 valence electrons. The highest BCUT2D eigenvalue weighted by Crippen LogP contribution is 2.37. The Hall–Kier alpha value is -2.99. The maximum atomic E-state index is 13.0. The lowest BCUT2D eigenvalue weighted by molar-refractivity contribution is -0.143. The third-order valence-electron chi connectivity index (χ3n) is 6.45. The van der Waals surface area contributed by atoms with Crippen LogP contribution in [0.1, 0.15) is 16.7 Å². The van der Waals surface area contributed by atoms with Crippen LogP contribution in [0, 0.1) is 0 Å². The molecule has 2 aromatic carbocycles. The molecule has 0 radical (unpaired) electrons. The topological polar surface area (TPSA) is 48.1 Å². The van der Waals surface area contributed by atoms with E-state index >= 15 is 0 Å². The number of methoxy groups -OCH3 is 1. The number of anilines is 1. The zero-order valence-corrected chi connectivity index (χ0v) is 19.5. The van der Waals surface area contributed by atoms with Gasteiger partial charge in [0.25, 0.3) is 0 Å². The van der Waals surface area contributed by atoms with Crippen LogP contribution in [0.25, 0.3) is 0 Å². The summed E-state index contributed by atoms with van der Waals surface area (Å²) in [6, 6.07) is 8.29. The first-order chi connectivity index (χ1) is 16.9. The molecular weight excluding hydrogens is 490 g/mol. The summed E-state index contributed by atoms with van der Waals surface area (Å²) in [7, 11) is 1.62. The fourth-order valence-electron chi connectivity index (χ4n) is 4.40. The van der Waals surface area contributed by atoms with E-state index in [0.717, 1.165) is 44.0 Å². The maximum absolute atomic E-state index is 13.0. The van der Waals surface area contributed by atoms with Crippen molar-refractivity contribution in [2.24, 2.45) is 0 Å². The smallest absolute Gasteiger partial charge is 0.416 e. The Morgan fingerprint density at radius 2 is 1.56 bits per heavy atom. The van der Waals surface area contributed by atoms with Gasteiger partial charge in [0.2, 0.25) is 0 Å². The normalized spacial score (nSPS) is 18.1. The highest BCUT2D eigenvalue weighted by Gasteiger charge is 2.39. The van der Waals surface area contributed by atoms with Gasteiger partial charge in [-0.3, -0.25) is 9.80 Å². The number of nitrogens with zero attached hydrogens (tertiary/aromatic N) is 3. The second-order valence-corrected chi connectivity index (χ2v) is 8.95. The predicted molar refractivity (Wildman–Crippen MR) is 121 cm³/mol. The Bertz CT molecular complexity index is 1040. The molecular formula is C24H26F6N4O2. The highest BCUT2D eigenvalue weighted by molar-refractivity contribution is 5.90. The third-order valence-corrected chi connectivity index (χ3v) is 6.45. The molecule has 0 aromatic heterocycles. The van der Waals surface area contributed by atoms with Crippen LogP contribution >= 0.6 is 0 Å². The molecule has 0 atom stereocenters. The number of amides is 2. The number of carbonyl (C=O) groups is 1. The predicted octanol–water partition coefficient (Wildman–Crippen LogP) is 4.77. The molecule has 0 aliphatic carbocycles. The van der Waals surface area contributed by atoms with Crippen molar-refractivity contribution in [3.05, 3.63) is 59.2 Å². The number of carbonyl (C=O) groups excluding carboxylic acids is 1.